The van der Waals surface area contributed by atoms with E-state index in [2.05, 4.69) is 22.8 Å². The SMILES string of the molecule is O=C(NCC1CCCNC1)c1ccc(C2CCCCC2)cc1. The van der Waals surface area contributed by atoms with Crippen molar-refractivity contribution < 1.29 is 4.79 Å². The highest BCUT2D eigenvalue weighted by Crippen LogP contribution is 2.32. The number of hydrogen-bond acceptors (Lipinski definition) is 2. The van der Waals surface area contributed by atoms with Crippen LogP contribution in [0.5, 0.6) is 0 Å². The van der Waals surface area contributed by atoms with E-state index >= 15 is 0 Å². The van der Waals surface area contributed by atoms with Crippen LogP contribution in [0.4, 0.5) is 0 Å². The Morgan fingerprint density at radius 3 is 2.50 bits per heavy atom. The molecule has 3 rings (SSSR count). The molecule has 1 aliphatic heterocycles. The maximum absolute atomic E-state index is 12.2. The van der Waals surface area contributed by atoms with Crippen LogP contribution in [0.15, 0.2) is 24.3 Å². The molecule has 3 nitrogen and oxygen atoms in total. The molecule has 2 N–H and O–H groups in total. The highest BCUT2D eigenvalue weighted by molar-refractivity contribution is 5.94. The molecule has 2 aliphatic rings. The minimum absolute atomic E-state index is 0.0702. The first-order valence-electron chi connectivity index (χ1n) is 8.92. The zero-order valence-corrected chi connectivity index (χ0v) is 13.4. The van der Waals surface area contributed by atoms with Crippen LogP contribution in [0.1, 0.15) is 66.8 Å². The van der Waals surface area contributed by atoms with Gasteiger partial charge in [0.1, 0.15) is 0 Å². The van der Waals surface area contributed by atoms with Crippen molar-refractivity contribution in [2.24, 2.45) is 5.92 Å². The Morgan fingerprint density at radius 2 is 1.82 bits per heavy atom. The Bertz CT molecular complexity index is 471. The van der Waals surface area contributed by atoms with Crippen LogP contribution in [-0.2, 0) is 0 Å². The first kappa shape index (κ1) is 15.5. The highest BCUT2D eigenvalue weighted by atomic mass is 16.1. The van der Waals surface area contributed by atoms with Crippen LogP contribution in [0.3, 0.4) is 0 Å². The average molecular weight is 300 g/mol. The van der Waals surface area contributed by atoms with Crippen LogP contribution in [0.25, 0.3) is 0 Å². The summed E-state index contributed by atoms with van der Waals surface area (Å²) in [6.45, 7) is 2.93. The molecule has 1 heterocycles. The van der Waals surface area contributed by atoms with E-state index in [4.69, 9.17) is 0 Å². The minimum Gasteiger partial charge on any atom is -0.352 e. The molecule has 22 heavy (non-hydrogen) atoms. The lowest BCUT2D eigenvalue weighted by molar-refractivity contribution is 0.0945. The number of rotatable bonds is 4. The number of carbonyl (C=O) groups is 1. The normalized spacial score (nSPS) is 23.2. The first-order chi connectivity index (χ1) is 10.8. The van der Waals surface area contributed by atoms with Gasteiger partial charge in [-0.25, -0.2) is 0 Å². The van der Waals surface area contributed by atoms with Crippen LogP contribution in [0, 0.1) is 5.92 Å². The first-order valence-corrected chi connectivity index (χ1v) is 8.92. The van der Waals surface area contributed by atoms with Crippen molar-refractivity contribution >= 4 is 5.91 Å². The van der Waals surface area contributed by atoms with Gasteiger partial charge in [0.25, 0.3) is 5.91 Å². The summed E-state index contributed by atoms with van der Waals surface area (Å²) in [4.78, 5) is 12.2. The third-order valence-electron chi connectivity index (χ3n) is 5.20. The zero-order valence-electron chi connectivity index (χ0n) is 13.4. The lowest BCUT2D eigenvalue weighted by atomic mass is 9.84. The fourth-order valence-electron chi connectivity index (χ4n) is 3.78. The molecule has 1 unspecified atom stereocenters. The van der Waals surface area contributed by atoms with E-state index in [0.717, 1.165) is 25.2 Å². The lowest BCUT2D eigenvalue weighted by Gasteiger charge is -2.23. The molecule has 1 saturated carbocycles. The molecule has 1 amide bonds. The van der Waals surface area contributed by atoms with Crippen LogP contribution in [0.2, 0.25) is 0 Å². The summed E-state index contributed by atoms with van der Waals surface area (Å²) in [6.07, 6.45) is 9.13. The van der Waals surface area contributed by atoms with Gasteiger partial charge in [0.05, 0.1) is 0 Å². The standard InChI is InChI=1S/C19H28N2O/c22-19(21-14-15-5-4-12-20-13-15)18-10-8-17(9-11-18)16-6-2-1-3-7-16/h8-11,15-16,20H,1-7,12-14H2,(H,21,22). The highest BCUT2D eigenvalue weighted by Gasteiger charge is 2.17. The number of hydrogen-bond donors (Lipinski definition) is 2. The molecule has 1 aliphatic carbocycles. The molecule has 1 aromatic rings. The van der Waals surface area contributed by atoms with E-state index < -0.39 is 0 Å². The Balaban J connectivity index is 1.51. The molecule has 1 aromatic carbocycles. The van der Waals surface area contributed by atoms with Gasteiger partial charge in [0, 0.05) is 12.1 Å². The van der Waals surface area contributed by atoms with E-state index in [0.29, 0.717) is 11.8 Å². The summed E-state index contributed by atoms with van der Waals surface area (Å²) in [5, 5.41) is 6.48. The fraction of sp³-hybridized carbons (Fsp3) is 0.632. The van der Waals surface area contributed by atoms with Crippen LogP contribution in [-0.4, -0.2) is 25.5 Å². The van der Waals surface area contributed by atoms with Crippen molar-refractivity contribution in [3.8, 4) is 0 Å². The third kappa shape index (κ3) is 4.10. The van der Waals surface area contributed by atoms with Gasteiger partial charge in [-0.05, 0) is 68.3 Å². The van der Waals surface area contributed by atoms with E-state index in [1.54, 1.807) is 0 Å². The van der Waals surface area contributed by atoms with Gasteiger partial charge in [-0.3, -0.25) is 4.79 Å². The lowest BCUT2D eigenvalue weighted by Crippen LogP contribution is -2.38. The molecular formula is C19H28N2O. The maximum atomic E-state index is 12.2. The van der Waals surface area contributed by atoms with Crippen molar-refractivity contribution in [1.29, 1.82) is 0 Å². The van der Waals surface area contributed by atoms with Gasteiger partial charge < -0.3 is 10.6 Å². The fourth-order valence-corrected chi connectivity index (χ4v) is 3.78. The van der Waals surface area contributed by atoms with Crippen molar-refractivity contribution in [1.82, 2.24) is 10.6 Å². The summed E-state index contributed by atoms with van der Waals surface area (Å²) < 4.78 is 0. The van der Waals surface area contributed by atoms with Crippen molar-refractivity contribution in [2.75, 3.05) is 19.6 Å². The van der Waals surface area contributed by atoms with Gasteiger partial charge in [-0.1, -0.05) is 31.4 Å². The summed E-state index contributed by atoms with van der Waals surface area (Å²) >= 11 is 0. The van der Waals surface area contributed by atoms with Crippen LogP contribution >= 0.6 is 0 Å². The Labute approximate surface area is 133 Å². The molecule has 0 radical (unpaired) electrons. The van der Waals surface area contributed by atoms with Gasteiger partial charge >= 0.3 is 0 Å². The Kier molecular flexibility index (Phi) is 5.49. The van der Waals surface area contributed by atoms with E-state index in [-0.39, 0.29) is 5.91 Å². The molecule has 1 saturated heterocycles. The van der Waals surface area contributed by atoms with E-state index in [1.807, 2.05) is 12.1 Å². The topological polar surface area (TPSA) is 41.1 Å². The predicted molar refractivity (Wildman–Crippen MR) is 90.2 cm³/mol. The molecule has 0 aromatic heterocycles. The zero-order chi connectivity index (χ0) is 15.2. The largest absolute Gasteiger partial charge is 0.352 e. The number of benzene rings is 1. The summed E-state index contributed by atoms with van der Waals surface area (Å²) in [6, 6.07) is 8.32. The minimum atomic E-state index is 0.0702. The van der Waals surface area contributed by atoms with E-state index in [9.17, 15) is 4.79 Å². The van der Waals surface area contributed by atoms with Crippen molar-refractivity contribution in [3.63, 3.8) is 0 Å². The summed E-state index contributed by atoms with van der Waals surface area (Å²) in [5.41, 5.74) is 2.20. The van der Waals surface area contributed by atoms with Crippen molar-refractivity contribution in [3.05, 3.63) is 35.4 Å². The Morgan fingerprint density at radius 1 is 1.05 bits per heavy atom. The number of amides is 1. The second-order valence-electron chi connectivity index (χ2n) is 6.88. The monoisotopic (exact) mass is 300 g/mol. The number of piperidine rings is 1. The number of carbonyl (C=O) groups excluding carboxylic acids is 1. The molecular weight excluding hydrogens is 272 g/mol. The summed E-state index contributed by atoms with van der Waals surface area (Å²) in [7, 11) is 0. The maximum Gasteiger partial charge on any atom is 0.251 e. The molecule has 3 heteroatoms. The second kappa shape index (κ2) is 7.77. The second-order valence-corrected chi connectivity index (χ2v) is 6.88. The quantitative estimate of drug-likeness (QED) is 0.894. The van der Waals surface area contributed by atoms with Crippen molar-refractivity contribution in [2.45, 2.75) is 50.9 Å². The third-order valence-corrected chi connectivity index (χ3v) is 5.20. The van der Waals surface area contributed by atoms with E-state index in [1.165, 1.54) is 50.5 Å². The predicted octanol–water partition coefficient (Wildman–Crippen LogP) is 3.46. The molecule has 0 spiro atoms. The number of nitrogens with one attached hydrogen (secondary N) is 2. The Hall–Kier alpha value is -1.35. The van der Waals surface area contributed by atoms with Gasteiger partial charge in [-0.2, -0.15) is 0 Å². The average Bonchev–Trinajstić information content (AvgIpc) is 2.61. The van der Waals surface area contributed by atoms with Crippen LogP contribution < -0.4 is 10.6 Å². The molecule has 120 valence electrons. The van der Waals surface area contributed by atoms with Gasteiger partial charge in [-0.15, -0.1) is 0 Å². The smallest absolute Gasteiger partial charge is 0.251 e. The molecule has 0 bridgehead atoms. The van der Waals surface area contributed by atoms with Gasteiger partial charge in [0.15, 0.2) is 0 Å². The molecule has 2 fully saturated rings. The summed E-state index contributed by atoms with van der Waals surface area (Å²) in [5.74, 6) is 1.36. The molecule has 1 atom stereocenters. The van der Waals surface area contributed by atoms with Gasteiger partial charge in [0.2, 0.25) is 0 Å².